The van der Waals surface area contributed by atoms with Gasteiger partial charge in [0.05, 0.1) is 0 Å². The Morgan fingerprint density at radius 2 is 2.00 bits per heavy atom. The van der Waals surface area contributed by atoms with Gasteiger partial charge in [0, 0.05) is 7.05 Å². The molecule has 1 aliphatic heterocycles. The normalized spacial score (nSPS) is 28.0. The van der Waals surface area contributed by atoms with E-state index in [-0.39, 0.29) is 17.7 Å². The number of hydrogen-bond acceptors (Lipinski definition) is 3. The summed E-state index contributed by atoms with van der Waals surface area (Å²) in [6.45, 7) is 5.81. The van der Waals surface area contributed by atoms with Crippen LogP contribution in [0.1, 0.15) is 33.6 Å². The maximum Gasteiger partial charge on any atom is 0.329 e. The first kappa shape index (κ1) is 12.7. The first-order valence-corrected chi connectivity index (χ1v) is 5.59. The molecule has 2 N–H and O–H groups in total. The SMILES string of the molecule is CC[C@H](C)[C@]1(CC)C(=N)N(C)C(=O)NC1=O. The third-order valence-corrected chi connectivity index (χ3v) is 3.70. The third kappa shape index (κ3) is 1.50. The average Bonchev–Trinajstić information content (AvgIpc) is 2.27. The van der Waals surface area contributed by atoms with Crippen LogP contribution in [0, 0.1) is 16.7 Å². The van der Waals surface area contributed by atoms with E-state index in [1.54, 1.807) is 0 Å². The fourth-order valence-corrected chi connectivity index (χ4v) is 2.28. The van der Waals surface area contributed by atoms with Crippen molar-refractivity contribution in [2.75, 3.05) is 7.05 Å². The summed E-state index contributed by atoms with van der Waals surface area (Å²) in [7, 11) is 1.52. The molecule has 0 aromatic heterocycles. The van der Waals surface area contributed by atoms with E-state index >= 15 is 0 Å². The number of nitrogens with zero attached hydrogens (tertiary/aromatic N) is 1. The summed E-state index contributed by atoms with van der Waals surface area (Å²) >= 11 is 0. The maximum atomic E-state index is 12.0. The van der Waals surface area contributed by atoms with Crippen molar-refractivity contribution in [3.8, 4) is 0 Å². The highest BCUT2D eigenvalue weighted by Gasteiger charge is 2.51. The monoisotopic (exact) mass is 225 g/mol. The first-order chi connectivity index (χ1) is 7.41. The molecule has 0 spiro atoms. The standard InChI is InChI=1S/C11H19N3O2/c1-5-7(3)11(6-2)8(12)14(4)10(16)13-9(11)15/h7,12H,5-6H2,1-4H3,(H,13,15,16)/t7-,11+/m0/s1. The van der Waals surface area contributed by atoms with Crippen LogP contribution in [0.25, 0.3) is 0 Å². The van der Waals surface area contributed by atoms with Gasteiger partial charge in [0.1, 0.15) is 11.3 Å². The van der Waals surface area contributed by atoms with Gasteiger partial charge in [0.2, 0.25) is 5.91 Å². The molecule has 1 rings (SSSR count). The van der Waals surface area contributed by atoms with Crippen molar-refractivity contribution >= 4 is 17.8 Å². The lowest BCUT2D eigenvalue weighted by Crippen LogP contribution is -2.64. The Morgan fingerprint density at radius 3 is 2.44 bits per heavy atom. The Kier molecular flexibility index (Phi) is 3.35. The quantitative estimate of drug-likeness (QED) is 0.765. The van der Waals surface area contributed by atoms with Crippen molar-refractivity contribution in [1.82, 2.24) is 10.2 Å². The fraction of sp³-hybridized carbons (Fsp3) is 0.727. The van der Waals surface area contributed by atoms with Gasteiger partial charge in [-0.1, -0.05) is 27.2 Å². The number of carbonyl (C=O) groups excluding carboxylic acids is 2. The molecule has 3 amide bonds. The first-order valence-electron chi connectivity index (χ1n) is 5.59. The van der Waals surface area contributed by atoms with Crippen molar-refractivity contribution < 1.29 is 9.59 Å². The van der Waals surface area contributed by atoms with Gasteiger partial charge in [-0.25, -0.2) is 4.79 Å². The highest BCUT2D eigenvalue weighted by Crippen LogP contribution is 2.38. The second-order valence-electron chi connectivity index (χ2n) is 4.30. The number of amides is 3. The van der Waals surface area contributed by atoms with E-state index in [4.69, 9.17) is 5.41 Å². The summed E-state index contributed by atoms with van der Waals surface area (Å²) in [6.07, 6.45) is 1.33. The summed E-state index contributed by atoms with van der Waals surface area (Å²) < 4.78 is 0. The molecule has 1 saturated heterocycles. The minimum Gasteiger partial charge on any atom is -0.287 e. The van der Waals surface area contributed by atoms with E-state index in [1.165, 1.54) is 11.9 Å². The largest absolute Gasteiger partial charge is 0.329 e. The Labute approximate surface area is 95.7 Å². The molecule has 5 heteroatoms. The Bertz CT molecular complexity index is 340. The van der Waals surface area contributed by atoms with Gasteiger partial charge in [0.15, 0.2) is 0 Å². The molecule has 1 heterocycles. The van der Waals surface area contributed by atoms with Crippen LogP contribution in [0.5, 0.6) is 0 Å². The zero-order valence-corrected chi connectivity index (χ0v) is 10.3. The van der Waals surface area contributed by atoms with Crippen LogP contribution in [-0.2, 0) is 4.79 Å². The predicted molar refractivity (Wildman–Crippen MR) is 61.2 cm³/mol. The lowest BCUT2D eigenvalue weighted by molar-refractivity contribution is -0.130. The molecule has 5 nitrogen and oxygen atoms in total. The average molecular weight is 225 g/mol. The predicted octanol–water partition coefficient (Wildman–Crippen LogP) is 1.59. The molecule has 0 aliphatic carbocycles. The zero-order valence-electron chi connectivity index (χ0n) is 10.3. The summed E-state index contributed by atoms with van der Waals surface area (Å²) in [4.78, 5) is 24.6. The highest BCUT2D eigenvalue weighted by atomic mass is 16.2. The highest BCUT2D eigenvalue weighted by molar-refractivity contribution is 6.20. The molecule has 0 bridgehead atoms. The number of amidine groups is 1. The number of rotatable bonds is 3. The van der Waals surface area contributed by atoms with Gasteiger partial charge in [0.25, 0.3) is 0 Å². The number of nitrogens with one attached hydrogen (secondary N) is 2. The molecule has 0 unspecified atom stereocenters. The fourth-order valence-electron chi connectivity index (χ4n) is 2.28. The van der Waals surface area contributed by atoms with Crippen molar-refractivity contribution in [1.29, 1.82) is 5.41 Å². The molecule has 2 atom stereocenters. The van der Waals surface area contributed by atoms with E-state index < -0.39 is 11.4 Å². The van der Waals surface area contributed by atoms with Crippen LogP contribution in [0.4, 0.5) is 4.79 Å². The minimum absolute atomic E-state index is 0.0422. The topological polar surface area (TPSA) is 73.3 Å². The van der Waals surface area contributed by atoms with Crippen LogP contribution in [-0.4, -0.2) is 29.7 Å². The van der Waals surface area contributed by atoms with Gasteiger partial charge in [-0.15, -0.1) is 0 Å². The van der Waals surface area contributed by atoms with Gasteiger partial charge >= 0.3 is 6.03 Å². The van der Waals surface area contributed by atoms with Crippen molar-refractivity contribution in [2.45, 2.75) is 33.6 Å². The van der Waals surface area contributed by atoms with Gasteiger partial charge in [-0.05, 0) is 12.3 Å². The second-order valence-corrected chi connectivity index (χ2v) is 4.30. The minimum atomic E-state index is -0.864. The van der Waals surface area contributed by atoms with Crippen molar-refractivity contribution in [3.63, 3.8) is 0 Å². The van der Waals surface area contributed by atoms with Crippen LogP contribution >= 0.6 is 0 Å². The van der Waals surface area contributed by atoms with E-state index in [9.17, 15) is 9.59 Å². The smallest absolute Gasteiger partial charge is 0.287 e. The van der Waals surface area contributed by atoms with Gasteiger partial charge in [-0.3, -0.25) is 20.4 Å². The van der Waals surface area contributed by atoms with Crippen LogP contribution in [0.3, 0.4) is 0 Å². The molecule has 0 aromatic rings. The van der Waals surface area contributed by atoms with E-state index in [0.717, 1.165) is 6.42 Å². The molecule has 0 radical (unpaired) electrons. The molecular formula is C11H19N3O2. The van der Waals surface area contributed by atoms with Gasteiger partial charge < -0.3 is 0 Å². The second kappa shape index (κ2) is 4.23. The summed E-state index contributed by atoms with van der Waals surface area (Å²) in [6, 6.07) is -0.512. The number of hydrogen-bond donors (Lipinski definition) is 2. The molecule has 0 saturated carbocycles. The Hall–Kier alpha value is -1.39. The summed E-state index contributed by atoms with van der Waals surface area (Å²) in [5.41, 5.74) is -0.864. The lowest BCUT2D eigenvalue weighted by Gasteiger charge is -2.43. The molecule has 16 heavy (non-hydrogen) atoms. The van der Waals surface area contributed by atoms with Crippen LogP contribution in [0.15, 0.2) is 0 Å². The third-order valence-electron chi connectivity index (χ3n) is 3.70. The number of urea groups is 1. The molecule has 0 aromatic carbocycles. The van der Waals surface area contributed by atoms with Crippen molar-refractivity contribution in [2.24, 2.45) is 11.3 Å². The maximum absolute atomic E-state index is 12.0. The van der Waals surface area contributed by atoms with Crippen LogP contribution < -0.4 is 5.32 Å². The molecule has 90 valence electrons. The van der Waals surface area contributed by atoms with E-state index in [2.05, 4.69) is 5.32 Å². The Morgan fingerprint density at radius 1 is 1.44 bits per heavy atom. The molecular weight excluding hydrogens is 206 g/mol. The summed E-state index contributed by atoms with van der Waals surface area (Å²) in [5, 5.41) is 10.4. The van der Waals surface area contributed by atoms with Crippen LogP contribution in [0.2, 0.25) is 0 Å². The molecule has 1 fully saturated rings. The van der Waals surface area contributed by atoms with Crippen molar-refractivity contribution in [3.05, 3.63) is 0 Å². The number of carbonyl (C=O) groups is 2. The molecule has 1 aliphatic rings. The lowest BCUT2D eigenvalue weighted by atomic mass is 9.70. The summed E-state index contributed by atoms with van der Waals surface area (Å²) in [5.74, 6) is -0.184. The van der Waals surface area contributed by atoms with Gasteiger partial charge in [-0.2, -0.15) is 0 Å². The number of imide groups is 1. The van der Waals surface area contributed by atoms with E-state index in [0.29, 0.717) is 6.42 Å². The Balaban J connectivity index is 3.21. The van der Waals surface area contributed by atoms with E-state index in [1.807, 2.05) is 20.8 Å². The zero-order chi connectivity index (χ0) is 12.5.